The second kappa shape index (κ2) is 5.82. The fourth-order valence-electron chi connectivity index (χ4n) is 3.12. The van der Waals surface area contributed by atoms with Crippen molar-refractivity contribution in [1.29, 1.82) is 0 Å². The highest BCUT2D eigenvalue weighted by molar-refractivity contribution is 5.76. The lowest BCUT2D eigenvalue weighted by atomic mass is 9.76. The third-order valence-electron chi connectivity index (χ3n) is 4.57. The highest BCUT2D eigenvalue weighted by Gasteiger charge is 2.34. The molecular weight excluding hydrogens is 280 g/mol. The Kier molecular flexibility index (Phi) is 3.99. The molecule has 3 rings (SSSR count). The van der Waals surface area contributed by atoms with Crippen LogP contribution < -0.4 is 0 Å². The Hall–Kier alpha value is -2.12. The highest BCUT2D eigenvalue weighted by atomic mass is 16.3. The van der Waals surface area contributed by atoms with Gasteiger partial charge >= 0.3 is 0 Å². The average Bonchev–Trinajstić information content (AvgIpc) is 2.55. The van der Waals surface area contributed by atoms with Crippen molar-refractivity contribution in [2.45, 2.75) is 38.2 Å². The SMILES string of the molecule is CC(C)(C)c1ccc(C2(O)CC=CC=C2c2ccccc2)cc1. The van der Waals surface area contributed by atoms with Crippen LogP contribution in [0.3, 0.4) is 0 Å². The van der Waals surface area contributed by atoms with E-state index in [4.69, 9.17) is 0 Å². The van der Waals surface area contributed by atoms with Gasteiger partial charge in [-0.05, 0) is 27.7 Å². The normalized spacial score (nSPS) is 21.1. The maximum Gasteiger partial charge on any atom is 0.119 e. The molecule has 2 aromatic carbocycles. The molecule has 23 heavy (non-hydrogen) atoms. The van der Waals surface area contributed by atoms with Crippen molar-refractivity contribution in [3.63, 3.8) is 0 Å². The van der Waals surface area contributed by atoms with Crippen molar-refractivity contribution in [3.8, 4) is 0 Å². The summed E-state index contributed by atoms with van der Waals surface area (Å²) in [7, 11) is 0. The predicted molar refractivity (Wildman–Crippen MR) is 97.2 cm³/mol. The molecule has 1 N–H and O–H groups in total. The van der Waals surface area contributed by atoms with E-state index in [1.54, 1.807) is 0 Å². The third kappa shape index (κ3) is 3.02. The van der Waals surface area contributed by atoms with Gasteiger partial charge < -0.3 is 5.11 Å². The van der Waals surface area contributed by atoms with E-state index in [0.29, 0.717) is 6.42 Å². The monoisotopic (exact) mass is 304 g/mol. The topological polar surface area (TPSA) is 20.2 Å². The molecule has 0 heterocycles. The van der Waals surface area contributed by atoms with Crippen LogP contribution in [0.15, 0.2) is 72.8 Å². The van der Waals surface area contributed by atoms with Crippen molar-refractivity contribution in [3.05, 3.63) is 89.5 Å². The largest absolute Gasteiger partial charge is 0.380 e. The molecule has 0 spiro atoms. The van der Waals surface area contributed by atoms with E-state index in [-0.39, 0.29) is 5.41 Å². The molecule has 118 valence electrons. The zero-order valence-corrected chi connectivity index (χ0v) is 14.1. The van der Waals surface area contributed by atoms with Crippen LogP contribution in [-0.4, -0.2) is 5.11 Å². The van der Waals surface area contributed by atoms with Crippen molar-refractivity contribution in [1.82, 2.24) is 0 Å². The van der Waals surface area contributed by atoms with Crippen molar-refractivity contribution in [2.75, 3.05) is 0 Å². The molecule has 1 aliphatic rings. The Morgan fingerprint density at radius 2 is 1.57 bits per heavy atom. The van der Waals surface area contributed by atoms with Crippen LogP contribution in [0.4, 0.5) is 0 Å². The second-order valence-corrected chi connectivity index (χ2v) is 7.27. The minimum Gasteiger partial charge on any atom is -0.380 e. The summed E-state index contributed by atoms with van der Waals surface area (Å²) in [6, 6.07) is 18.5. The summed E-state index contributed by atoms with van der Waals surface area (Å²) in [5, 5.41) is 11.4. The van der Waals surface area contributed by atoms with Crippen LogP contribution in [0.2, 0.25) is 0 Å². The molecule has 0 radical (unpaired) electrons. The quantitative estimate of drug-likeness (QED) is 0.807. The average molecular weight is 304 g/mol. The van der Waals surface area contributed by atoms with Gasteiger partial charge in [-0.2, -0.15) is 0 Å². The Labute approximate surface area is 139 Å². The molecule has 1 heteroatoms. The fourth-order valence-corrected chi connectivity index (χ4v) is 3.12. The molecule has 1 atom stereocenters. The first-order chi connectivity index (χ1) is 10.9. The summed E-state index contributed by atoms with van der Waals surface area (Å²) in [6.45, 7) is 6.61. The van der Waals surface area contributed by atoms with Gasteiger partial charge in [0.1, 0.15) is 5.60 Å². The maximum absolute atomic E-state index is 11.4. The minimum absolute atomic E-state index is 0.117. The summed E-state index contributed by atoms with van der Waals surface area (Å²) in [5.74, 6) is 0. The van der Waals surface area contributed by atoms with E-state index in [1.165, 1.54) is 5.56 Å². The van der Waals surface area contributed by atoms with Gasteiger partial charge in [-0.15, -0.1) is 0 Å². The molecule has 0 fully saturated rings. The van der Waals surface area contributed by atoms with Crippen LogP contribution in [-0.2, 0) is 11.0 Å². The number of rotatable bonds is 2. The summed E-state index contributed by atoms with van der Waals surface area (Å²) < 4.78 is 0. The summed E-state index contributed by atoms with van der Waals surface area (Å²) >= 11 is 0. The lowest BCUT2D eigenvalue weighted by molar-refractivity contribution is 0.103. The number of hydrogen-bond acceptors (Lipinski definition) is 1. The van der Waals surface area contributed by atoms with Gasteiger partial charge in [-0.25, -0.2) is 0 Å². The molecule has 0 saturated carbocycles. The first kappa shape index (κ1) is 15.8. The van der Waals surface area contributed by atoms with Gasteiger partial charge in [0.15, 0.2) is 0 Å². The van der Waals surface area contributed by atoms with E-state index in [9.17, 15) is 5.11 Å². The van der Waals surface area contributed by atoms with E-state index >= 15 is 0 Å². The van der Waals surface area contributed by atoms with Crippen molar-refractivity contribution in [2.24, 2.45) is 0 Å². The molecule has 2 aromatic rings. The number of aliphatic hydroxyl groups is 1. The van der Waals surface area contributed by atoms with Gasteiger partial charge in [0, 0.05) is 6.42 Å². The van der Waals surface area contributed by atoms with Crippen LogP contribution in [0.1, 0.15) is 43.9 Å². The van der Waals surface area contributed by atoms with Crippen LogP contribution in [0, 0.1) is 0 Å². The Morgan fingerprint density at radius 1 is 0.913 bits per heavy atom. The fraction of sp³-hybridized carbons (Fsp3) is 0.273. The molecule has 0 aromatic heterocycles. The summed E-state index contributed by atoms with van der Waals surface area (Å²) in [6.07, 6.45) is 6.68. The first-order valence-electron chi connectivity index (χ1n) is 8.17. The van der Waals surface area contributed by atoms with Gasteiger partial charge in [0.25, 0.3) is 0 Å². The van der Waals surface area contributed by atoms with E-state index in [0.717, 1.165) is 16.7 Å². The molecule has 1 unspecified atom stereocenters. The molecule has 0 aliphatic heterocycles. The zero-order valence-electron chi connectivity index (χ0n) is 14.1. The first-order valence-corrected chi connectivity index (χ1v) is 8.17. The highest BCUT2D eigenvalue weighted by Crippen LogP contribution is 2.42. The Morgan fingerprint density at radius 3 is 2.17 bits per heavy atom. The smallest absolute Gasteiger partial charge is 0.119 e. The van der Waals surface area contributed by atoms with Gasteiger partial charge in [0.05, 0.1) is 0 Å². The minimum atomic E-state index is -0.966. The zero-order chi connectivity index (χ0) is 16.5. The van der Waals surface area contributed by atoms with E-state index in [1.807, 2.05) is 36.4 Å². The van der Waals surface area contributed by atoms with Crippen LogP contribution in [0.25, 0.3) is 5.57 Å². The predicted octanol–water partition coefficient (Wildman–Crippen LogP) is 5.22. The van der Waals surface area contributed by atoms with E-state index in [2.05, 4.69) is 57.2 Å². The molecule has 0 saturated heterocycles. The third-order valence-corrected chi connectivity index (χ3v) is 4.57. The van der Waals surface area contributed by atoms with Gasteiger partial charge in [-0.3, -0.25) is 0 Å². The Bertz CT molecular complexity index is 730. The Balaban J connectivity index is 2.03. The standard InChI is InChI=1S/C22H24O/c1-21(2,3)18-12-14-19(15-13-18)22(23)16-8-7-11-20(22)17-9-5-4-6-10-17/h4-15,23H,16H2,1-3H3. The maximum atomic E-state index is 11.4. The second-order valence-electron chi connectivity index (χ2n) is 7.27. The lowest BCUT2D eigenvalue weighted by Crippen LogP contribution is -2.28. The van der Waals surface area contributed by atoms with Crippen LogP contribution >= 0.6 is 0 Å². The van der Waals surface area contributed by atoms with Crippen molar-refractivity contribution >= 4 is 5.57 Å². The molecule has 0 bridgehead atoms. The number of allylic oxidation sites excluding steroid dienone is 2. The van der Waals surface area contributed by atoms with Gasteiger partial charge in [0.2, 0.25) is 0 Å². The molecule has 1 aliphatic carbocycles. The molecule has 0 amide bonds. The summed E-state index contributed by atoms with van der Waals surface area (Å²) in [5.41, 5.74) is 3.41. The lowest BCUT2D eigenvalue weighted by Gasteiger charge is -2.33. The number of hydrogen-bond donors (Lipinski definition) is 1. The molecular formula is C22H24O. The number of benzene rings is 2. The molecule has 1 nitrogen and oxygen atoms in total. The van der Waals surface area contributed by atoms with Crippen LogP contribution in [0.5, 0.6) is 0 Å². The van der Waals surface area contributed by atoms with Crippen molar-refractivity contribution < 1.29 is 5.11 Å². The van der Waals surface area contributed by atoms with E-state index < -0.39 is 5.60 Å². The van der Waals surface area contributed by atoms with Gasteiger partial charge in [-0.1, -0.05) is 93.6 Å². The summed E-state index contributed by atoms with van der Waals surface area (Å²) in [4.78, 5) is 0.